The third kappa shape index (κ3) is 3.16. The molecule has 7 nitrogen and oxygen atoms in total. The van der Waals surface area contributed by atoms with Gasteiger partial charge in [-0.3, -0.25) is 14.9 Å². The Bertz CT molecular complexity index is 649. The molecule has 0 atom stereocenters. The summed E-state index contributed by atoms with van der Waals surface area (Å²) in [6.45, 7) is 3.22. The first-order valence-corrected chi connectivity index (χ1v) is 6.45. The number of nitro groups is 1. The lowest BCUT2D eigenvalue weighted by Gasteiger charge is -2.02. The molecule has 100 valence electrons. The number of aromatic nitrogens is 2. The van der Waals surface area contributed by atoms with E-state index < -0.39 is 16.0 Å². The molecule has 0 unspecified atom stereocenters. The maximum absolute atomic E-state index is 11.3. The molecule has 19 heavy (non-hydrogen) atoms. The third-order valence-electron chi connectivity index (χ3n) is 2.37. The normalized spacial score (nSPS) is 10.4. The van der Waals surface area contributed by atoms with E-state index in [-0.39, 0.29) is 0 Å². The monoisotopic (exact) mass is 280 g/mol. The summed E-state index contributed by atoms with van der Waals surface area (Å²) < 4.78 is 1.60. The van der Waals surface area contributed by atoms with Gasteiger partial charge in [-0.1, -0.05) is 0 Å². The Hall–Kier alpha value is -2.22. The third-order valence-corrected chi connectivity index (χ3v) is 3.31. The Balaban J connectivity index is 2.20. The standard InChI is InChI=1S/C11H12N4O3S/c1-2-12-11-13-5-8(19-11)6-14-4-3-10(16)9(7-14)15(17)18/h3-5,7H,2,6H2,1H3,(H,12,13). The van der Waals surface area contributed by atoms with Gasteiger partial charge in [0.15, 0.2) is 5.13 Å². The number of nitrogens with one attached hydrogen (secondary N) is 1. The van der Waals surface area contributed by atoms with E-state index in [2.05, 4.69) is 10.3 Å². The predicted molar refractivity (Wildman–Crippen MR) is 72.7 cm³/mol. The first-order chi connectivity index (χ1) is 9.10. The second-order valence-electron chi connectivity index (χ2n) is 3.79. The van der Waals surface area contributed by atoms with Crippen molar-refractivity contribution in [2.45, 2.75) is 13.5 Å². The van der Waals surface area contributed by atoms with Crippen molar-refractivity contribution in [1.29, 1.82) is 0 Å². The predicted octanol–water partition coefficient (Wildman–Crippen LogP) is 1.69. The van der Waals surface area contributed by atoms with Gasteiger partial charge >= 0.3 is 5.69 Å². The summed E-state index contributed by atoms with van der Waals surface area (Å²) >= 11 is 1.48. The van der Waals surface area contributed by atoms with Gasteiger partial charge in [0.05, 0.1) is 17.7 Å². The van der Waals surface area contributed by atoms with Gasteiger partial charge in [0, 0.05) is 29.9 Å². The Morgan fingerprint density at radius 3 is 3.05 bits per heavy atom. The van der Waals surface area contributed by atoms with E-state index >= 15 is 0 Å². The van der Waals surface area contributed by atoms with Crippen LogP contribution in [0.15, 0.2) is 29.5 Å². The molecule has 0 aliphatic rings. The molecule has 0 radical (unpaired) electrons. The zero-order valence-corrected chi connectivity index (χ0v) is 11.0. The minimum atomic E-state index is -0.671. The molecule has 1 N–H and O–H groups in total. The highest BCUT2D eigenvalue weighted by Gasteiger charge is 2.12. The summed E-state index contributed by atoms with van der Waals surface area (Å²) in [6.07, 6.45) is 4.49. The van der Waals surface area contributed by atoms with Crippen LogP contribution in [0.25, 0.3) is 0 Å². The average molecular weight is 280 g/mol. The molecular formula is C11H12N4O3S. The van der Waals surface area contributed by atoms with Crippen molar-refractivity contribution in [3.8, 4) is 0 Å². The summed E-state index contributed by atoms with van der Waals surface area (Å²) in [5.41, 5.74) is -1.00. The van der Waals surface area contributed by atoms with Gasteiger partial charge in [0.2, 0.25) is 0 Å². The van der Waals surface area contributed by atoms with Crippen LogP contribution in [0.2, 0.25) is 0 Å². The summed E-state index contributed by atoms with van der Waals surface area (Å²) in [6, 6.07) is 1.20. The first kappa shape index (κ1) is 13.2. The molecule has 0 aromatic carbocycles. The van der Waals surface area contributed by atoms with Gasteiger partial charge in [-0.15, -0.1) is 11.3 Å². The van der Waals surface area contributed by atoms with Crippen LogP contribution in [-0.4, -0.2) is 21.0 Å². The van der Waals surface area contributed by atoms with E-state index in [4.69, 9.17) is 0 Å². The van der Waals surface area contributed by atoms with E-state index in [9.17, 15) is 14.9 Å². The number of anilines is 1. The van der Waals surface area contributed by atoms with Gasteiger partial charge in [0.1, 0.15) is 0 Å². The van der Waals surface area contributed by atoms with Gasteiger partial charge < -0.3 is 9.88 Å². The fourth-order valence-electron chi connectivity index (χ4n) is 1.54. The Labute approximate surface area is 112 Å². The summed E-state index contributed by atoms with van der Waals surface area (Å²) in [4.78, 5) is 26.4. The SMILES string of the molecule is CCNc1ncc(Cn2ccc(=O)c([N+](=O)[O-])c2)s1. The van der Waals surface area contributed by atoms with Crippen LogP contribution in [0.1, 0.15) is 11.8 Å². The molecule has 0 fully saturated rings. The Morgan fingerprint density at radius 2 is 2.37 bits per heavy atom. The molecule has 8 heteroatoms. The van der Waals surface area contributed by atoms with Crippen molar-refractivity contribution in [2.75, 3.05) is 11.9 Å². The second kappa shape index (κ2) is 5.61. The van der Waals surface area contributed by atoms with Crippen LogP contribution < -0.4 is 10.7 Å². The molecule has 2 aromatic heterocycles. The van der Waals surface area contributed by atoms with Crippen molar-refractivity contribution in [1.82, 2.24) is 9.55 Å². The van der Waals surface area contributed by atoms with E-state index in [0.717, 1.165) is 16.6 Å². The van der Waals surface area contributed by atoms with Crippen LogP contribution in [0, 0.1) is 10.1 Å². The van der Waals surface area contributed by atoms with Crippen molar-refractivity contribution < 1.29 is 4.92 Å². The quantitative estimate of drug-likeness (QED) is 0.665. The summed E-state index contributed by atoms with van der Waals surface area (Å²) in [7, 11) is 0. The average Bonchev–Trinajstić information content (AvgIpc) is 2.79. The maximum Gasteiger partial charge on any atom is 0.332 e. The van der Waals surface area contributed by atoms with E-state index in [1.807, 2.05) is 6.92 Å². The molecule has 0 saturated heterocycles. The fourth-order valence-corrected chi connectivity index (χ4v) is 2.43. The Morgan fingerprint density at radius 1 is 1.58 bits per heavy atom. The number of pyridine rings is 1. The molecule has 0 aliphatic carbocycles. The van der Waals surface area contributed by atoms with Crippen molar-refractivity contribution >= 4 is 22.2 Å². The van der Waals surface area contributed by atoms with Gasteiger partial charge in [-0.05, 0) is 6.92 Å². The fraction of sp³-hybridized carbons (Fsp3) is 0.273. The second-order valence-corrected chi connectivity index (χ2v) is 4.90. The van der Waals surface area contributed by atoms with Gasteiger partial charge in [-0.2, -0.15) is 0 Å². The Kier molecular flexibility index (Phi) is 3.91. The van der Waals surface area contributed by atoms with Gasteiger partial charge in [-0.25, -0.2) is 4.98 Å². The van der Waals surface area contributed by atoms with Crippen LogP contribution in [-0.2, 0) is 6.54 Å². The number of hydrogen-bond donors (Lipinski definition) is 1. The molecule has 0 amide bonds. The van der Waals surface area contributed by atoms with Crippen LogP contribution in [0.4, 0.5) is 10.8 Å². The van der Waals surface area contributed by atoms with Crippen molar-refractivity contribution in [3.63, 3.8) is 0 Å². The number of thiazole rings is 1. The van der Waals surface area contributed by atoms with Crippen LogP contribution >= 0.6 is 11.3 Å². The smallest absolute Gasteiger partial charge is 0.332 e. The lowest BCUT2D eigenvalue weighted by molar-refractivity contribution is -0.386. The van der Waals surface area contributed by atoms with E-state index in [0.29, 0.717) is 6.54 Å². The number of hydrogen-bond acceptors (Lipinski definition) is 6. The molecule has 0 bridgehead atoms. The van der Waals surface area contributed by atoms with Crippen molar-refractivity contribution in [2.24, 2.45) is 0 Å². The summed E-state index contributed by atoms with van der Waals surface area (Å²) in [5.74, 6) is 0. The van der Waals surface area contributed by atoms with Crippen LogP contribution in [0.3, 0.4) is 0 Å². The minimum Gasteiger partial charge on any atom is -0.362 e. The molecule has 0 saturated carbocycles. The summed E-state index contributed by atoms with van der Waals surface area (Å²) in [5, 5.41) is 14.6. The highest BCUT2D eigenvalue weighted by atomic mass is 32.1. The lowest BCUT2D eigenvalue weighted by atomic mass is 10.4. The first-order valence-electron chi connectivity index (χ1n) is 5.63. The number of nitrogens with zero attached hydrogens (tertiary/aromatic N) is 3. The van der Waals surface area contributed by atoms with E-state index in [1.165, 1.54) is 29.8 Å². The van der Waals surface area contributed by atoms with Crippen LogP contribution in [0.5, 0.6) is 0 Å². The molecule has 0 aliphatic heterocycles. The molecular weight excluding hydrogens is 268 g/mol. The van der Waals surface area contributed by atoms with Crippen molar-refractivity contribution in [3.05, 3.63) is 49.9 Å². The minimum absolute atomic E-state index is 0.418. The molecule has 2 aromatic rings. The number of rotatable bonds is 5. The molecule has 0 spiro atoms. The highest BCUT2D eigenvalue weighted by Crippen LogP contribution is 2.19. The van der Waals surface area contributed by atoms with Gasteiger partial charge in [0.25, 0.3) is 5.43 Å². The van der Waals surface area contributed by atoms with E-state index in [1.54, 1.807) is 10.8 Å². The topological polar surface area (TPSA) is 90.1 Å². The lowest BCUT2D eigenvalue weighted by Crippen LogP contribution is -2.11. The maximum atomic E-state index is 11.3. The zero-order chi connectivity index (χ0) is 13.8. The molecule has 2 rings (SSSR count). The highest BCUT2D eigenvalue weighted by molar-refractivity contribution is 7.15. The zero-order valence-electron chi connectivity index (χ0n) is 10.2. The largest absolute Gasteiger partial charge is 0.362 e. The molecule has 2 heterocycles.